The number of aryl methyl sites for hydroxylation is 1. The minimum atomic E-state index is 0.153. The Hall–Kier alpha value is -1.56. The summed E-state index contributed by atoms with van der Waals surface area (Å²) in [6.07, 6.45) is 1.70. The summed E-state index contributed by atoms with van der Waals surface area (Å²) >= 11 is 17.9. The molecule has 0 fully saturated rings. The van der Waals surface area contributed by atoms with Gasteiger partial charge in [-0.05, 0) is 36.7 Å². The maximum absolute atomic E-state index is 6.01. The molecule has 0 saturated heterocycles. The first-order valence-electron chi connectivity index (χ1n) is 6.19. The molecule has 21 heavy (non-hydrogen) atoms. The summed E-state index contributed by atoms with van der Waals surface area (Å²) in [6.45, 7) is 2.75. The molecule has 2 aromatic heterocycles. The number of fused-ring (bicyclic) bond motifs is 1. The van der Waals surface area contributed by atoms with Crippen LogP contribution in [0.2, 0.25) is 15.3 Å². The fourth-order valence-corrected chi connectivity index (χ4v) is 2.41. The molecule has 1 N–H and O–H groups in total. The Morgan fingerprint density at radius 2 is 1.95 bits per heavy atom. The predicted octanol–water partition coefficient (Wildman–Crippen LogP) is 4.55. The standard InChI is InChI=1S/C13H10Cl3N5/c1-2-21-6-17-10-11(19-13(16)20-12(10)21)18-7-3-4-8(14)9(15)5-7/h3-6H,2H2,1H3,(H,18,19,20). The molecule has 0 bridgehead atoms. The fraction of sp³-hybridized carbons (Fsp3) is 0.154. The van der Waals surface area contributed by atoms with Gasteiger partial charge in [-0.15, -0.1) is 0 Å². The van der Waals surface area contributed by atoms with Crippen molar-refractivity contribution in [1.29, 1.82) is 0 Å². The zero-order valence-electron chi connectivity index (χ0n) is 10.9. The number of imidazole rings is 1. The van der Waals surface area contributed by atoms with E-state index >= 15 is 0 Å². The highest BCUT2D eigenvalue weighted by Gasteiger charge is 2.12. The fourth-order valence-electron chi connectivity index (χ4n) is 1.95. The Morgan fingerprint density at radius 3 is 2.67 bits per heavy atom. The summed E-state index contributed by atoms with van der Waals surface area (Å²) in [5.74, 6) is 0.524. The molecule has 0 saturated carbocycles. The zero-order chi connectivity index (χ0) is 15.0. The van der Waals surface area contributed by atoms with E-state index in [4.69, 9.17) is 34.8 Å². The van der Waals surface area contributed by atoms with Crippen molar-refractivity contribution in [2.45, 2.75) is 13.5 Å². The number of anilines is 2. The highest BCUT2D eigenvalue weighted by atomic mass is 35.5. The first-order chi connectivity index (χ1) is 10.1. The molecule has 0 aliphatic heterocycles. The molecule has 5 nitrogen and oxygen atoms in total. The Bertz CT molecular complexity index is 815. The SMILES string of the molecule is CCn1cnc2c(Nc3ccc(Cl)c(Cl)c3)nc(Cl)nc21. The van der Waals surface area contributed by atoms with Gasteiger partial charge in [-0.2, -0.15) is 9.97 Å². The molecule has 3 rings (SSSR count). The van der Waals surface area contributed by atoms with Gasteiger partial charge in [0, 0.05) is 12.2 Å². The van der Waals surface area contributed by atoms with Gasteiger partial charge >= 0.3 is 0 Å². The zero-order valence-corrected chi connectivity index (χ0v) is 13.2. The third kappa shape index (κ3) is 2.77. The van der Waals surface area contributed by atoms with E-state index in [-0.39, 0.29) is 5.28 Å². The van der Waals surface area contributed by atoms with Crippen molar-refractivity contribution < 1.29 is 0 Å². The second kappa shape index (κ2) is 5.67. The Morgan fingerprint density at radius 1 is 1.14 bits per heavy atom. The van der Waals surface area contributed by atoms with Gasteiger partial charge in [0.2, 0.25) is 5.28 Å². The normalized spacial score (nSPS) is 11.0. The molecule has 2 heterocycles. The lowest BCUT2D eigenvalue weighted by Gasteiger charge is -2.08. The van der Waals surface area contributed by atoms with Crippen molar-refractivity contribution in [3.63, 3.8) is 0 Å². The predicted molar refractivity (Wildman–Crippen MR) is 85.8 cm³/mol. The Kier molecular flexibility index (Phi) is 3.89. The molecular weight excluding hydrogens is 333 g/mol. The van der Waals surface area contributed by atoms with Gasteiger partial charge in [0.1, 0.15) is 0 Å². The van der Waals surface area contributed by atoms with Crippen LogP contribution in [0.15, 0.2) is 24.5 Å². The molecule has 0 spiro atoms. The van der Waals surface area contributed by atoms with Crippen LogP contribution in [0.25, 0.3) is 11.2 Å². The maximum Gasteiger partial charge on any atom is 0.226 e. The smallest absolute Gasteiger partial charge is 0.226 e. The van der Waals surface area contributed by atoms with Crippen LogP contribution < -0.4 is 5.32 Å². The van der Waals surface area contributed by atoms with Crippen LogP contribution in [-0.4, -0.2) is 19.5 Å². The Labute approximate surface area is 135 Å². The second-order valence-electron chi connectivity index (χ2n) is 4.30. The third-order valence-corrected chi connectivity index (χ3v) is 3.87. The van der Waals surface area contributed by atoms with Gasteiger partial charge in [-0.3, -0.25) is 0 Å². The van der Waals surface area contributed by atoms with Gasteiger partial charge in [0.05, 0.1) is 16.4 Å². The maximum atomic E-state index is 6.01. The molecule has 0 aliphatic rings. The minimum Gasteiger partial charge on any atom is -0.338 e. The number of aromatic nitrogens is 4. The second-order valence-corrected chi connectivity index (χ2v) is 5.45. The van der Waals surface area contributed by atoms with Crippen molar-refractivity contribution >= 4 is 57.5 Å². The van der Waals surface area contributed by atoms with E-state index in [0.717, 1.165) is 12.2 Å². The number of nitrogens with zero attached hydrogens (tertiary/aromatic N) is 4. The van der Waals surface area contributed by atoms with Crippen molar-refractivity contribution in [3.8, 4) is 0 Å². The quantitative estimate of drug-likeness (QED) is 0.709. The van der Waals surface area contributed by atoms with Gasteiger partial charge in [0.25, 0.3) is 0 Å². The summed E-state index contributed by atoms with van der Waals surface area (Å²) < 4.78 is 1.89. The van der Waals surface area contributed by atoms with E-state index < -0.39 is 0 Å². The van der Waals surface area contributed by atoms with E-state index in [1.807, 2.05) is 11.5 Å². The molecule has 0 unspecified atom stereocenters. The molecule has 1 aromatic carbocycles. The van der Waals surface area contributed by atoms with Crippen molar-refractivity contribution in [2.24, 2.45) is 0 Å². The highest BCUT2D eigenvalue weighted by molar-refractivity contribution is 6.42. The van der Waals surface area contributed by atoms with Crippen molar-refractivity contribution in [2.75, 3.05) is 5.32 Å². The molecule has 3 aromatic rings. The van der Waals surface area contributed by atoms with E-state index in [1.165, 1.54) is 0 Å². The summed E-state index contributed by atoms with van der Waals surface area (Å²) in [5, 5.41) is 4.24. The molecule has 8 heteroatoms. The summed E-state index contributed by atoms with van der Waals surface area (Å²) in [5.41, 5.74) is 2.07. The Balaban J connectivity index is 2.07. The molecule has 0 atom stereocenters. The molecular formula is C13H10Cl3N5. The lowest BCUT2D eigenvalue weighted by molar-refractivity contribution is 0.777. The summed E-state index contributed by atoms with van der Waals surface area (Å²) in [6, 6.07) is 5.21. The number of hydrogen-bond acceptors (Lipinski definition) is 4. The lowest BCUT2D eigenvalue weighted by atomic mass is 10.3. The molecule has 0 aliphatic carbocycles. The van der Waals surface area contributed by atoms with Crippen LogP contribution in [0.4, 0.5) is 11.5 Å². The first kappa shape index (κ1) is 14.4. The van der Waals surface area contributed by atoms with E-state index in [9.17, 15) is 0 Å². The summed E-state index contributed by atoms with van der Waals surface area (Å²) in [4.78, 5) is 12.7. The number of rotatable bonds is 3. The number of benzene rings is 1. The average Bonchev–Trinajstić information content (AvgIpc) is 2.86. The van der Waals surface area contributed by atoms with Gasteiger partial charge < -0.3 is 9.88 Å². The van der Waals surface area contributed by atoms with Crippen LogP contribution in [-0.2, 0) is 6.54 Å². The van der Waals surface area contributed by atoms with Crippen molar-refractivity contribution in [3.05, 3.63) is 39.9 Å². The van der Waals surface area contributed by atoms with E-state index in [1.54, 1.807) is 24.5 Å². The topological polar surface area (TPSA) is 55.6 Å². The monoisotopic (exact) mass is 341 g/mol. The minimum absolute atomic E-state index is 0.153. The number of hydrogen-bond donors (Lipinski definition) is 1. The largest absolute Gasteiger partial charge is 0.338 e. The van der Waals surface area contributed by atoms with Gasteiger partial charge in [-0.1, -0.05) is 23.2 Å². The lowest BCUT2D eigenvalue weighted by Crippen LogP contribution is -1.99. The van der Waals surface area contributed by atoms with E-state index in [0.29, 0.717) is 27.0 Å². The van der Waals surface area contributed by atoms with Gasteiger partial charge in [0.15, 0.2) is 17.0 Å². The number of halogens is 3. The average molecular weight is 343 g/mol. The van der Waals surface area contributed by atoms with E-state index in [2.05, 4.69) is 20.3 Å². The van der Waals surface area contributed by atoms with Crippen LogP contribution in [0, 0.1) is 0 Å². The highest BCUT2D eigenvalue weighted by Crippen LogP contribution is 2.29. The van der Waals surface area contributed by atoms with Crippen LogP contribution in [0.1, 0.15) is 6.92 Å². The van der Waals surface area contributed by atoms with Crippen LogP contribution in [0.5, 0.6) is 0 Å². The first-order valence-corrected chi connectivity index (χ1v) is 7.32. The number of nitrogens with one attached hydrogen (secondary N) is 1. The summed E-state index contributed by atoms with van der Waals surface area (Å²) in [7, 11) is 0. The van der Waals surface area contributed by atoms with Crippen LogP contribution >= 0.6 is 34.8 Å². The van der Waals surface area contributed by atoms with Crippen LogP contribution in [0.3, 0.4) is 0 Å². The van der Waals surface area contributed by atoms with Crippen molar-refractivity contribution in [1.82, 2.24) is 19.5 Å². The van der Waals surface area contributed by atoms with Gasteiger partial charge in [-0.25, -0.2) is 4.98 Å². The third-order valence-electron chi connectivity index (χ3n) is 2.96. The molecule has 0 radical (unpaired) electrons. The molecule has 0 amide bonds. The molecule has 108 valence electrons.